The third-order valence-corrected chi connectivity index (χ3v) is 3.15. The molecule has 1 atom stereocenters. The second-order valence-electron chi connectivity index (χ2n) is 5.90. The molecule has 2 N–H and O–H groups in total. The van der Waals surface area contributed by atoms with Crippen molar-refractivity contribution in [2.24, 2.45) is 5.73 Å². The van der Waals surface area contributed by atoms with Gasteiger partial charge in [0, 0.05) is 12.1 Å². The molecule has 0 radical (unpaired) electrons. The van der Waals surface area contributed by atoms with Crippen LogP contribution in [0.1, 0.15) is 32.8 Å². The van der Waals surface area contributed by atoms with E-state index >= 15 is 0 Å². The van der Waals surface area contributed by atoms with Gasteiger partial charge in [-0.1, -0.05) is 13.0 Å². The fourth-order valence-electron chi connectivity index (χ4n) is 2.26. The third-order valence-electron chi connectivity index (χ3n) is 3.15. The zero-order valence-electron chi connectivity index (χ0n) is 12.1. The van der Waals surface area contributed by atoms with Gasteiger partial charge in [0.05, 0.1) is 5.69 Å². The molecule has 0 saturated carbocycles. The van der Waals surface area contributed by atoms with Gasteiger partial charge in [-0.2, -0.15) is 0 Å². The normalized spacial score (nSPS) is 19.1. The molecular weight excluding hydrogens is 240 g/mol. The molecule has 19 heavy (non-hydrogen) atoms. The molecule has 0 aromatic heterocycles. The summed E-state index contributed by atoms with van der Waals surface area (Å²) >= 11 is 0. The van der Waals surface area contributed by atoms with Crippen LogP contribution < -0.4 is 15.4 Å². The van der Waals surface area contributed by atoms with Crippen LogP contribution in [0.25, 0.3) is 0 Å². The standard InChI is InChI=1S/C15H22N2O2/c1-5-12-14(18)17(9-15(3,4)16)11-7-6-10(2)8-13(11)19-12/h6-8,12H,5,9,16H2,1-4H3. The van der Waals surface area contributed by atoms with Crippen molar-refractivity contribution < 1.29 is 9.53 Å². The van der Waals surface area contributed by atoms with Crippen LogP contribution in [0.5, 0.6) is 5.75 Å². The first-order valence-corrected chi connectivity index (χ1v) is 6.69. The molecule has 2 rings (SSSR count). The first-order valence-electron chi connectivity index (χ1n) is 6.69. The maximum absolute atomic E-state index is 12.4. The molecule has 1 aromatic carbocycles. The van der Waals surface area contributed by atoms with E-state index in [1.54, 1.807) is 4.90 Å². The number of hydrogen-bond donors (Lipinski definition) is 1. The fraction of sp³-hybridized carbons (Fsp3) is 0.533. The Morgan fingerprint density at radius 3 is 2.68 bits per heavy atom. The van der Waals surface area contributed by atoms with Gasteiger partial charge < -0.3 is 15.4 Å². The van der Waals surface area contributed by atoms with Gasteiger partial charge in [-0.25, -0.2) is 0 Å². The predicted octanol–water partition coefficient (Wildman–Crippen LogP) is 2.24. The Bertz CT molecular complexity index is 491. The molecule has 0 aliphatic carbocycles. The predicted molar refractivity (Wildman–Crippen MR) is 76.5 cm³/mol. The summed E-state index contributed by atoms with van der Waals surface area (Å²) < 4.78 is 5.79. The van der Waals surface area contributed by atoms with Gasteiger partial charge in [-0.05, 0) is 44.9 Å². The van der Waals surface area contributed by atoms with Gasteiger partial charge in [0.2, 0.25) is 0 Å². The van der Waals surface area contributed by atoms with Gasteiger partial charge in [-0.3, -0.25) is 4.79 Å². The summed E-state index contributed by atoms with van der Waals surface area (Å²) in [6.07, 6.45) is 0.255. The average Bonchev–Trinajstić information content (AvgIpc) is 2.31. The largest absolute Gasteiger partial charge is 0.478 e. The van der Waals surface area contributed by atoms with Crippen LogP contribution in [0.3, 0.4) is 0 Å². The molecule has 1 aromatic rings. The molecule has 1 unspecified atom stereocenters. The number of benzene rings is 1. The van der Waals surface area contributed by atoms with E-state index < -0.39 is 11.6 Å². The summed E-state index contributed by atoms with van der Waals surface area (Å²) in [5.41, 5.74) is 7.57. The quantitative estimate of drug-likeness (QED) is 0.909. The summed E-state index contributed by atoms with van der Waals surface area (Å²) in [5, 5.41) is 0. The van der Waals surface area contributed by atoms with Gasteiger partial charge in [0.15, 0.2) is 6.10 Å². The lowest BCUT2D eigenvalue weighted by atomic mass is 10.0. The number of fused-ring (bicyclic) bond motifs is 1. The first kappa shape index (κ1) is 13.9. The van der Waals surface area contributed by atoms with Crippen molar-refractivity contribution in [2.75, 3.05) is 11.4 Å². The van der Waals surface area contributed by atoms with Crippen LogP contribution in [-0.2, 0) is 4.79 Å². The van der Waals surface area contributed by atoms with Crippen molar-refractivity contribution in [2.45, 2.75) is 45.8 Å². The van der Waals surface area contributed by atoms with Crippen molar-refractivity contribution in [1.29, 1.82) is 0 Å². The van der Waals surface area contributed by atoms with Crippen LogP contribution in [0.15, 0.2) is 18.2 Å². The second-order valence-corrected chi connectivity index (χ2v) is 5.90. The molecule has 0 spiro atoms. The first-order chi connectivity index (χ1) is 8.81. The second kappa shape index (κ2) is 4.85. The Morgan fingerprint density at radius 1 is 1.42 bits per heavy atom. The highest BCUT2D eigenvalue weighted by atomic mass is 16.5. The Kier molecular flexibility index (Phi) is 3.54. The SMILES string of the molecule is CCC1Oc2cc(C)ccc2N(CC(C)(C)N)C1=O. The molecule has 4 heteroatoms. The molecule has 4 nitrogen and oxygen atoms in total. The number of rotatable bonds is 3. The monoisotopic (exact) mass is 262 g/mol. The Hall–Kier alpha value is -1.55. The summed E-state index contributed by atoms with van der Waals surface area (Å²) in [4.78, 5) is 14.2. The average molecular weight is 262 g/mol. The molecule has 1 heterocycles. The minimum atomic E-state index is -0.437. The van der Waals surface area contributed by atoms with Gasteiger partial charge >= 0.3 is 0 Å². The lowest BCUT2D eigenvalue weighted by Crippen LogP contribution is -2.53. The number of carbonyl (C=O) groups excluding carboxylic acids is 1. The topological polar surface area (TPSA) is 55.6 Å². The fourth-order valence-corrected chi connectivity index (χ4v) is 2.26. The molecular formula is C15H22N2O2. The van der Waals surface area contributed by atoms with E-state index in [4.69, 9.17) is 10.5 Å². The van der Waals surface area contributed by atoms with Gasteiger partial charge in [-0.15, -0.1) is 0 Å². The number of hydrogen-bond acceptors (Lipinski definition) is 3. The number of carbonyl (C=O) groups is 1. The van der Waals surface area contributed by atoms with E-state index in [-0.39, 0.29) is 5.91 Å². The summed E-state index contributed by atoms with van der Waals surface area (Å²) in [6.45, 7) is 8.30. The summed E-state index contributed by atoms with van der Waals surface area (Å²) in [6, 6.07) is 5.89. The molecule has 1 amide bonds. The maximum Gasteiger partial charge on any atom is 0.268 e. The highest BCUT2D eigenvalue weighted by Gasteiger charge is 2.35. The molecule has 0 saturated heterocycles. The van der Waals surface area contributed by atoms with E-state index in [0.717, 1.165) is 17.0 Å². The van der Waals surface area contributed by atoms with Crippen molar-refractivity contribution in [3.8, 4) is 5.75 Å². The lowest BCUT2D eigenvalue weighted by molar-refractivity contribution is -0.126. The van der Waals surface area contributed by atoms with E-state index in [0.29, 0.717) is 13.0 Å². The maximum atomic E-state index is 12.4. The number of nitrogens with two attached hydrogens (primary N) is 1. The van der Waals surface area contributed by atoms with Crippen LogP contribution in [0, 0.1) is 6.92 Å². The molecule has 1 aliphatic rings. The number of aryl methyl sites for hydroxylation is 1. The van der Waals surface area contributed by atoms with Crippen LogP contribution in [0.4, 0.5) is 5.69 Å². The van der Waals surface area contributed by atoms with E-state index in [1.807, 2.05) is 45.9 Å². The van der Waals surface area contributed by atoms with Crippen molar-refractivity contribution in [1.82, 2.24) is 0 Å². The zero-order chi connectivity index (χ0) is 14.2. The highest BCUT2D eigenvalue weighted by molar-refractivity contribution is 6.00. The number of ether oxygens (including phenoxy) is 1. The number of nitrogens with zero attached hydrogens (tertiary/aromatic N) is 1. The minimum Gasteiger partial charge on any atom is -0.478 e. The number of amides is 1. The summed E-state index contributed by atoms with van der Waals surface area (Å²) in [7, 11) is 0. The Morgan fingerprint density at radius 2 is 2.11 bits per heavy atom. The van der Waals surface area contributed by atoms with E-state index in [9.17, 15) is 4.79 Å². The van der Waals surface area contributed by atoms with Crippen LogP contribution in [-0.4, -0.2) is 24.1 Å². The molecule has 0 bridgehead atoms. The smallest absolute Gasteiger partial charge is 0.268 e. The molecule has 104 valence electrons. The van der Waals surface area contributed by atoms with Crippen molar-refractivity contribution in [3.05, 3.63) is 23.8 Å². The Labute approximate surface area is 114 Å². The lowest BCUT2D eigenvalue weighted by Gasteiger charge is -2.37. The highest BCUT2D eigenvalue weighted by Crippen LogP contribution is 2.36. The van der Waals surface area contributed by atoms with Gasteiger partial charge in [0.1, 0.15) is 5.75 Å². The number of anilines is 1. The van der Waals surface area contributed by atoms with E-state index in [2.05, 4.69) is 0 Å². The molecule has 1 aliphatic heterocycles. The van der Waals surface area contributed by atoms with Crippen LogP contribution in [0.2, 0.25) is 0 Å². The van der Waals surface area contributed by atoms with Crippen molar-refractivity contribution >= 4 is 11.6 Å². The zero-order valence-corrected chi connectivity index (χ0v) is 12.1. The molecule has 0 fully saturated rings. The van der Waals surface area contributed by atoms with Gasteiger partial charge in [0.25, 0.3) is 5.91 Å². The third kappa shape index (κ3) is 2.89. The minimum absolute atomic E-state index is 0.00243. The summed E-state index contributed by atoms with van der Waals surface area (Å²) in [5.74, 6) is 0.771. The Balaban J connectivity index is 2.43. The van der Waals surface area contributed by atoms with Crippen molar-refractivity contribution in [3.63, 3.8) is 0 Å². The van der Waals surface area contributed by atoms with Crippen LogP contribution >= 0.6 is 0 Å². The van der Waals surface area contributed by atoms with E-state index in [1.165, 1.54) is 0 Å².